The molecule has 2 aromatic carbocycles. The van der Waals surface area contributed by atoms with Crippen molar-refractivity contribution in [2.24, 2.45) is 5.92 Å². The van der Waals surface area contributed by atoms with Crippen LogP contribution >= 0.6 is 0 Å². The van der Waals surface area contributed by atoms with Crippen LogP contribution in [0, 0.1) is 19.8 Å². The molecule has 1 fully saturated rings. The minimum atomic E-state index is -0.268. The molecular formula is C23H27N3O3. The highest BCUT2D eigenvalue weighted by Gasteiger charge is 2.29. The molecule has 0 unspecified atom stereocenters. The topological polar surface area (TPSA) is 87.3 Å². The van der Waals surface area contributed by atoms with Crippen molar-refractivity contribution < 1.29 is 14.4 Å². The van der Waals surface area contributed by atoms with Crippen molar-refractivity contribution in [2.75, 3.05) is 11.9 Å². The van der Waals surface area contributed by atoms with E-state index in [4.69, 9.17) is 0 Å². The van der Waals surface area contributed by atoms with Gasteiger partial charge in [-0.05, 0) is 63.4 Å². The summed E-state index contributed by atoms with van der Waals surface area (Å²) in [5.41, 5.74) is 4.23. The Morgan fingerprint density at radius 3 is 2.21 bits per heavy atom. The fourth-order valence-corrected chi connectivity index (χ4v) is 3.19. The lowest BCUT2D eigenvalue weighted by Crippen LogP contribution is -2.38. The van der Waals surface area contributed by atoms with E-state index in [0.717, 1.165) is 35.2 Å². The molecule has 29 heavy (non-hydrogen) atoms. The van der Waals surface area contributed by atoms with E-state index in [1.807, 2.05) is 51.1 Å². The fourth-order valence-electron chi connectivity index (χ4n) is 3.19. The highest BCUT2D eigenvalue weighted by atomic mass is 16.2. The van der Waals surface area contributed by atoms with Gasteiger partial charge in [0.25, 0.3) is 5.91 Å². The van der Waals surface area contributed by atoms with Crippen LogP contribution in [0.1, 0.15) is 52.9 Å². The Balaban J connectivity index is 1.48. The first-order valence-electron chi connectivity index (χ1n) is 9.88. The molecule has 0 bridgehead atoms. The zero-order valence-corrected chi connectivity index (χ0v) is 17.0. The number of carbonyl (C=O) groups excluding carboxylic acids is 3. The average Bonchev–Trinajstić information content (AvgIpc) is 3.51. The first-order chi connectivity index (χ1) is 13.8. The van der Waals surface area contributed by atoms with E-state index in [1.54, 1.807) is 12.1 Å². The molecule has 3 N–H and O–H groups in total. The maximum Gasteiger partial charge on any atom is 0.251 e. The van der Waals surface area contributed by atoms with Crippen LogP contribution in [0.2, 0.25) is 0 Å². The Bertz CT molecular complexity index is 897. The lowest BCUT2D eigenvalue weighted by Gasteiger charge is -2.15. The Kier molecular flexibility index (Phi) is 6.32. The normalized spacial score (nSPS) is 14.0. The molecule has 2 aromatic rings. The molecule has 6 heteroatoms. The minimum absolute atomic E-state index is 0.0682. The Morgan fingerprint density at radius 1 is 1.00 bits per heavy atom. The second kappa shape index (κ2) is 8.90. The van der Waals surface area contributed by atoms with E-state index in [0.29, 0.717) is 5.56 Å². The van der Waals surface area contributed by atoms with Crippen LogP contribution in [0.3, 0.4) is 0 Å². The van der Waals surface area contributed by atoms with Gasteiger partial charge in [-0.2, -0.15) is 0 Å². The molecule has 0 radical (unpaired) electrons. The highest BCUT2D eigenvalue weighted by Crippen LogP contribution is 2.30. The summed E-state index contributed by atoms with van der Waals surface area (Å²) in [7, 11) is 0. The van der Waals surface area contributed by atoms with Gasteiger partial charge < -0.3 is 16.0 Å². The van der Waals surface area contributed by atoms with Gasteiger partial charge in [0.15, 0.2) is 0 Å². The van der Waals surface area contributed by atoms with Crippen LogP contribution < -0.4 is 16.0 Å². The number of benzene rings is 2. The number of carbonyl (C=O) groups is 3. The summed E-state index contributed by atoms with van der Waals surface area (Å²) < 4.78 is 0. The average molecular weight is 393 g/mol. The number of hydrogen-bond donors (Lipinski definition) is 3. The maximum atomic E-state index is 12.3. The summed E-state index contributed by atoms with van der Waals surface area (Å²) in [5.74, 6) is -0.304. The van der Waals surface area contributed by atoms with Gasteiger partial charge in [0, 0.05) is 17.2 Å². The van der Waals surface area contributed by atoms with Crippen molar-refractivity contribution in [3.8, 4) is 0 Å². The van der Waals surface area contributed by atoms with Gasteiger partial charge >= 0.3 is 0 Å². The number of rotatable bonds is 7. The molecule has 0 aliphatic heterocycles. The number of amides is 3. The third-order valence-electron chi connectivity index (χ3n) is 4.90. The molecule has 1 aliphatic rings. The van der Waals surface area contributed by atoms with Gasteiger partial charge in [-0.15, -0.1) is 0 Å². The maximum absolute atomic E-state index is 12.3. The predicted molar refractivity (Wildman–Crippen MR) is 113 cm³/mol. The summed E-state index contributed by atoms with van der Waals surface area (Å²) in [6, 6.07) is 12.8. The lowest BCUT2D eigenvalue weighted by atomic mass is 10.1. The molecule has 152 valence electrons. The first kappa shape index (κ1) is 20.6. The largest absolute Gasteiger partial charge is 0.348 e. The summed E-state index contributed by atoms with van der Waals surface area (Å²) in [6.45, 7) is 5.65. The van der Waals surface area contributed by atoms with Gasteiger partial charge in [0.05, 0.1) is 12.6 Å². The van der Waals surface area contributed by atoms with Crippen LogP contribution in [-0.2, 0) is 9.59 Å². The minimum Gasteiger partial charge on any atom is -0.348 e. The molecule has 3 rings (SSSR count). The van der Waals surface area contributed by atoms with Gasteiger partial charge in [0.1, 0.15) is 0 Å². The fraction of sp³-hybridized carbons (Fsp3) is 0.348. The number of anilines is 1. The predicted octanol–water partition coefficient (Wildman–Crippen LogP) is 3.26. The van der Waals surface area contributed by atoms with E-state index in [1.165, 1.54) is 0 Å². The van der Waals surface area contributed by atoms with Crippen LogP contribution in [0.5, 0.6) is 0 Å². The quantitative estimate of drug-likeness (QED) is 0.675. The second-order valence-corrected chi connectivity index (χ2v) is 7.73. The van der Waals surface area contributed by atoms with Crippen molar-refractivity contribution in [1.29, 1.82) is 0 Å². The van der Waals surface area contributed by atoms with Gasteiger partial charge in [0.2, 0.25) is 11.8 Å². The van der Waals surface area contributed by atoms with Crippen molar-refractivity contribution in [3.05, 3.63) is 64.7 Å². The second-order valence-electron chi connectivity index (χ2n) is 7.73. The van der Waals surface area contributed by atoms with Crippen molar-refractivity contribution in [2.45, 2.75) is 39.7 Å². The molecule has 0 heterocycles. The number of hydrogen-bond acceptors (Lipinski definition) is 3. The molecule has 0 aromatic heterocycles. The third-order valence-corrected chi connectivity index (χ3v) is 4.90. The molecule has 0 spiro atoms. The van der Waals surface area contributed by atoms with E-state index in [2.05, 4.69) is 16.0 Å². The summed E-state index contributed by atoms with van der Waals surface area (Å²) in [5, 5.41) is 8.43. The van der Waals surface area contributed by atoms with Crippen molar-refractivity contribution >= 4 is 23.4 Å². The Hall–Kier alpha value is -3.15. The summed E-state index contributed by atoms with van der Waals surface area (Å²) in [4.78, 5) is 36.3. The smallest absolute Gasteiger partial charge is 0.251 e. The molecule has 1 atom stereocenters. The zero-order valence-electron chi connectivity index (χ0n) is 17.0. The highest BCUT2D eigenvalue weighted by molar-refractivity contribution is 5.97. The first-order valence-corrected chi connectivity index (χ1v) is 9.88. The van der Waals surface area contributed by atoms with E-state index < -0.39 is 0 Å². The van der Waals surface area contributed by atoms with E-state index >= 15 is 0 Å². The number of nitrogens with one attached hydrogen (secondary N) is 3. The molecule has 1 aliphatic carbocycles. The van der Waals surface area contributed by atoms with Crippen molar-refractivity contribution in [1.82, 2.24) is 10.6 Å². The SMILES string of the molecule is Cc1cc(C)cc(C(=O)NCC(=O)N[C@@H](C)c2ccc(NC(=O)C3CC3)cc2)c1. The van der Waals surface area contributed by atoms with Gasteiger partial charge in [-0.25, -0.2) is 0 Å². The zero-order chi connectivity index (χ0) is 21.0. The van der Waals surface area contributed by atoms with Crippen LogP contribution in [0.4, 0.5) is 5.69 Å². The lowest BCUT2D eigenvalue weighted by molar-refractivity contribution is -0.120. The van der Waals surface area contributed by atoms with E-state index in [9.17, 15) is 14.4 Å². The molecular weight excluding hydrogens is 366 g/mol. The van der Waals surface area contributed by atoms with Crippen molar-refractivity contribution in [3.63, 3.8) is 0 Å². The van der Waals surface area contributed by atoms with Crippen LogP contribution in [-0.4, -0.2) is 24.3 Å². The Morgan fingerprint density at radius 2 is 1.62 bits per heavy atom. The summed E-state index contributed by atoms with van der Waals surface area (Å²) >= 11 is 0. The van der Waals surface area contributed by atoms with Gasteiger partial charge in [-0.3, -0.25) is 14.4 Å². The van der Waals surface area contributed by atoms with Crippen LogP contribution in [0.15, 0.2) is 42.5 Å². The molecule has 1 saturated carbocycles. The number of aryl methyl sites for hydroxylation is 2. The Labute approximate surface area is 171 Å². The standard InChI is InChI=1S/C23H27N3O3/c1-14-10-15(2)12-19(11-14)22(28)24-13-21(27)25-16(3)17-6-8-20(9-7-17)26-23(29)18-4-5-18/h6-12,16,18H,4-5,13H2,1-3H3,(H,24,28)(H,25,27)(H,26,29)/t16-/m0/s1. The molecule has 3 amide bonds. The van der Waals surface area contributed by atoms with E-state index in [-0.39, 0.29) is 36.2 Å². The molecule has 6 nitrogen and oxygen atoms in total. The van der Waals surface area contributed by atoms with Gasteiger partial charge in [-0.1, -0.05) is 29.3 Å². The third kappa shape index (κ3) is 5.91. The molecule has 0 saturated heterocycles. The summed E-state index contributed by atoms with van der Waals surface area (Å²) in [6.07, 6.45) is 1.93. The van der Waals surface area contributed by atoms with Crippen LogP contribution in [0.25, 0.3) is 0 Å². The monoisotopic (exact) mass is 393 g/mol.